The first-order chi connectivity index (χ1) is 7.89. The highest BCUT2D eigenvalue weighted by Gasteiger charge is 2.37. The summed E-state index contributed by atoms with van der Waals surface area (Å²) in [7, 11) is 0. The Balaban J connectivity index is 2.46. The van der Waals surface area contributed by atoms with Crippen LogP contribution in [0.25, 0.3) is 0 Å². The number of carbonyl (C=O) groups is 2. The van der Waals surface area contributed by atoms with Crippen LogP contribution in [-0.4, -0.2) is 11.9 Å². The van der Waals surface area contributed by atoms with Gasteiger partial charge in [0, 0.05) is 0 Å². The molecule has 1 heterocycles. The normalized spacial score (nSPS) is 20.5. The third kappa shape index (κ3) is 2.23. The summed E-state index contributed by atoms with van der Waals surface area (Å²) in [4.78, 5) is 22.8. The predicted octanol–water partition coefficient (Wildman–Crippen LogP) is 2.54. The largest absolute Gasteiger partial charge is 0.393 e. The van der Waals surface area contributed by atoms with Crippen molar-refractivity contribution in [1.82, 2.24) is 0 Å². The summed E-state index contributed by atoms with van der Waals surface area (Å²) in [5.41, 5.74) is 1.95. The van der Waals surface area contributed by atoms with Crippen LogP contribution in [0.4, 0.5) is 0 Å². The molecule has 1 fully saturated rings. The summed E-state index contributed by atoms with van der Waals surface area (Å²) in [5.74, 6) is -1.28. The smallest absolute Gasteiger partial charge is 0.321 e. The van der Waals surface area contributed by atoms with Gasteiger partial charge >= 0.3 is 11.9 Å². The van der Waals surface area contributed by atoms with Gasteiger partial charge in [-0.05, 0) is 16.5 Å². The molecule has 3 heteroatoms. The Bertz CT molecular complexity index is 469. The first-order valence-electron chi connectivity index (χ1n) is 5.73. The Morgan fingerprint density at radius 2 is 1.82 bits per heavy atom. The van der Waals surface area contributed by atoms with Crippen LogP contribution in [0.1, 0.15) is 44.2 Å². The first-order valence-corrected chi connectivity index (χ1v) is 5.73. The highest BCUT2D eigenvalue weighted by atomic mass is 16.6. The molecular weight excluding hydrogens is 216 g/mol. The number of carbonyl (C=O) groups excluding carboxylic acids is 2. The third-order valence-electron chi connectivity index (χ3n) is 3.01. The van der Waals surface area contributed by atoms with E-state index in [4.69, 9.17) is 0 Å². The van der Waals surface area contributed by atoms with Crippen LogP contribution < -0.4 is 0 Å². The Labute approximate surface area is 101 Å². The Morgan fingerprint density at radius 1 is 1.18 bits per heavy atom. The lowest BCUT2D eigenvalue weighted by molar-refractivity contribution is -0.152. The molecule has 0 spiro atoms. The van der Waals surface area contributed by atoms with Crippen LogP contribution in [0, 0.1) is 0 Å². The minimum absolute atomic E-state index is 0.0531. The Morgan fingerprint density at radius 3 is 2.35 bits per heavy atom. The van der Waals surface area contributed by atoms with Gasteiger partial charge in [0.15, 0.2) is 0 Å². The van der Waals surface area contributed by atoms with E-state index in [1.165, 1.54) is 0 Å². The van der Waals surface area contributed by atoms with Crippen LogP contribution in [0.2, 0.25) is 0 Å². The van der Waals surface area contributed by atoms with Crippen LogP contribution in [-0.2, 0) is 19.7 Å². The van der Waals surface area contributed by atoms with E-state index < -0.39 is 17.9 Å². The lowest BCUT2D eigenvalue weighted by Gasteiger charge is -2.24. The maximum Gasteiger partial charge on any atom is 0.321 e. The topological polar surface area (TPSA) is 43.4 Å². The molecule has 0 bridgehead atoms. The molecule has 1 unspecified atom stereocenters. The van der Waals surface area contributed by atoms with Crippen molar-refractivity contribution in [2.75, 3.05) is 0 Å². The number of ether oxygens (including phenoxy) is 1. The number of esters is 2. The van der Waals surface area contributed by atoms with Crippen molar-refractivity contribution in [1.29, 1.82) is 0 Å². The fraction of sp³-hybridized carbons (Fsp3) is 0.429. The molecule has 90 valence electrons. The lowest BCUT2D eigenvalue weighted by Crippen LogP contribution is -2.17. The van der Waals surface area contributed by atoms with Gasteiger partial charge in [-0.3, -0.25) is 9.59 Å². The number of hydrogen-bond donors (Lipinski definition) is 0. The zero-order valence-electron chi connectivity index (χ0n) is 10.3. The van der Waals surface area contributed by atoms with Gasteiger partial charge in [-0.1, -0.05) is 45.0 Å². The van der Waals surface area contributed by atoms with E-state index in [-0.39, 0.29) is 11.8 Å². The van der Waals surface area contributed by atoms with E-state index >= 15 is 0 Å². The average molecular weight is 232 g/mol. The molecule has 2 rings (SSSR count). The van der Waals surface area contributed by atoms with Crippen molar-refractivity contribution < 1.29 is 14.3 Å². The molecule has 1 aromatic carbocycles. The van der Waals surface area contributed by atoms with Crippen molar-refractivity contribution in [3.63, 3.8) is 0 Å². The molecule has 0 saturated carbocycles. The van der Waals surface area contributed by atoms with E-state index in [9.17, 15) is 9.59 Å². The van der Waals surface area contributed by atoms with Crippen LogP contribution in [0.3, 0.4) is 0 Å². The quantitative estimate of drug-likeness (QED) is 0.552. The molecule has 1 saturated heterocycles. The standard InChI is InChI=1S/C14H16O3/c1-14(2,3)11-7-5-4-6-9(11)10-8-12(15)17-13(10)16/h4-7,10H,8H2,1-3H3. The van der Waals surface area contributed by atoms with Crippen molar-refractivity contribution in [2.24, 2.45) is 0 Å². The van der Waals surface area contributed by atoms with Crippen molar-refractivity contribution >= 4 is 11.9 Å². The summed E-state index contributed by atoms with van der Waals surface area (Å²) in [6.07, 6.45) is 0.159. The second-order valence-electron chi connectivity index (χ2n) is 5.39. The molecule has 1 aliphatic rings. The van der Waals surface area contributed by atoms with Gasteiger partial charge < -0.3 is 4.74 Å². The fourth-order valence-corrected chi connectivity index (χ4v) is 2.20. The van der Waals surface area contributed by atoms with E-state index in [2.05, 4.69) is 25.5 Å². The average Bonchev–Trinajstić information content (AvgIpc) is 2.56. The summed E-state index contributed by atoms with van der Waals surface area (Å²) in [6.45, 7) is 6.27. The predicted molar refractivity (Wildman–Crippen MR) is 63.6 cm³/mol. The molecule has 0 aliphatic carbocycles. The van der Waals surface area contributed by atoms with Crippen LogP contribution in [0.15, 0.2) is 24.3 Å². The zero-order chi connectivity index (χ0) is 12.6. The van der Waals surface area contributed by atoms with Crippen LogP contribution >= 0.6 is 0 Å². The van der Waals surface area contributed by atoms with Gasteiger partial charge in [-0.15, -0.1) is 0 Å². The maximum absolute atomic E-state index is 11.6. The van der Waals surface area contributed by atoms with E-state index in [0.717, 1.165) is 11.1 Å². The van der Waals surface area contributed by atoms with Gasteiger partial charge in [0.25, 0.3) is 0 Å². The summed E-state index contributed by atoms with van der Waals surface area (Å²) in [5, 5.41) is 0. The first kappa shape index (κ1) is 11.8. The summed E-state index contributed by atoms with van der Waals surface area (Å²) in [6, 6.07) is 7.75. The molecule has 1 aromatic rings. The zero-order valence-corrected chi connectivity index (χ0v) is 10.3. The monoisotopic (exact) mass is 232 g/mol. The van der Waals surface area contributed by atoms with Crippen molar-refractivity contribution in [3.05, 3.63) is 35.4 Å². The number of rotatable bonds is 1. The van der Waals surface area contributed by atoms with E-state index in [1.54, 1.807) is 0 Å². The molecule has 3 nitrogen and oxygen atoms in total. The molecule has 1 aliphatic heterocycles. The van der Waals surface area contributed by atoms with Crippen LogP contribution in [0.5, 0.6) is 0 Å². The van der Waals surface area contributed by atoms with Gasteiger partial charge in [0.1, 0.15) is 0 Å². The fourth-order valence-electron chi connectivity index (χ4n) is 2.20. The van der Waals surface area contributed by atoms with E-state index in [0.29, 0.717) is 0 Å². The molecule has 0 N–H and O–H groups in total. The molecule has 17 heavy (non-hydrogen) atoms. The third-order valence-corrected chi connectivity index (χ3v) is 3.01. The second-order valence-corrected chi connectivity index (χ2v) is 5.39. The molecular formula is C14H16O3. The van der Waals surface area contributed by atoms with E-state index in [1.807, 2.05) is 24.3 Å². The minimum Gasteiger partial charge on any atom is -0.393 e. The number of cyclic esters (lactones) is 2. The number of benzene rings is 1. The molecule has 1 atom stereocenters. The molecule has 0 radical (unpaired) electrons. The number of hydrogen-bond acceptors (Lipinski definition) is 3. The Hall–Kier alpha value is -1.64. The lowest BCUT2D eigenvalue weighted by atomic mass is 9.79. The minimum atomic E-state index is -0.432. The maximum atomic E-state index is 11.6. The van der Waals surface area contributed by atoms with Gasteiger partial charge in [0.05, 0.1) is 12.3 Å². The highest BCUT2D eigenvalue weighted by Crippen LogP contribution is 2.35. The van der Waals surface area contributed by atoms with Gasteiger partial charge in [-0.25, -0.2) is 0 Å². The summed E-state index contributed by atoms with van der Waals surface area (Å²) < 4.78 is 4.62. The van der Waals surface area contributed by atoms with Crippen molar-refractivity contribution in [3.8, 4) is 0 Å². The van der Waals surface area contributed by atoms with Crippen molar-refractivity contribution in [2.45, 2.75) is 38.5 Å². The van der Waals surface area contributed by atoms with Gasteiger partial charge in [-0.2, -0.15) is 0 Å². The second kappa shape index (κ2) is 3.99. The highest BCUT2D eigenvalue weighted by molar-refractivity contribution is 5.98. The Kier molecular flexibility index (Phi) is 2.77. The molecule has 0 aromatic heterocycles. The molecule has 0 amide bonds. The SMILES string of the molecule is CC(C)(C)c1ccccc1C1CC(=O)OC1=O. The summed E-state index contributed by atoms with van der Waals surface area (Å²) >= 11 is 0. The van der Waals surface area contributed by atoms with Gasteiger partial charge in [0.2, 0.25) is 0 Å².